The largest absolute Gasteiger partial charge is 0.481 e. The van der Waals surface area contributed by atoms with Crippen molar-refractivity contribution in [2.75, 3.05) is 13.6 Å². The van der Waals surface area contributed by atoms with Crippen molar-refractivity contribution in [2.24, 2.45) is 0 Å². The maximum atomic E-state index is 10.6. The second-order valence-electron chi connectivity index (χ2n) is 4.82. The fourth-order valence-electron chi connectivity index (χ4n) is 2.06. The molecule has 1 aromatic carbocycles. The van der Waals surface area contributed by atoms with Gasteiger partial charge in [0.25, 0.3) is 0 Å². The topological polar surface area (TPSA) is 53.4 Å². The van der Waals surface area contributed by atoms with Gasteiger partial charge in [0.15, 0.2) is 0 Å². The van der Waals surface area contributed by atoms with Crippen molar-refractivity contribution < 1.29 is 9.90 Å². The third kappa shape index (κ3) is 4.17. The summed E-state index contributed by atoms with van der Waals surface area (Å²) in [6.45, 7) is 1.29. The highest BCUT2D eigenvalue weighted by Gasteiger charge is 2.05. The average molecular weight is 270 g/mol. The van der Waals surface area contributed by atoms with Crippen LogP contribution in [0.1, 0.15) is 12.0 Å². The third-order valence-corrected chi connectivity index (χ3v) is 3.08. The minimum atomic E-state index is -0.763. The molecule has 0 amide bonds. The van der Waals surface area contributed by atoms with Crippen molar-refractivity contribution in [3.63, 3.8) is 0 Å². The highest BCUT2D eigenvalue weighted by Crippen LogP contribution is 2.19. The molecule has 1 aromatic heterocycles. The molecule has 1 heterocycles. The monoisotopic (exact) mass is 270 g/mol. The quantitative estimate of drug-likeness (QED) is 0.876. The Labute approximate surface area is 118 Å². The Bertz CT molecular complexity index is 570. The summed E-state index contributed by atoms with van der Waals surface area (Å²) in [5.41, 5.74) is 3.38. The molecule has 4 nitrogen and oxygen atoms in total. The van der Waals surface area contributed by atoms with E-state index in [0.29, 0.717) is 6.54 Å². The normalized spacial score (nSPS) is 10.7. The number of rotatable bonds is 6. The molecule has 2 aromatic rings. The van der Waals surface area contributed by atoms with Crippen LogP contribution < -0.4 is 0 Å². The van der Waals surface area contributed by atoms with Crippen LogP contribution in [0.25, 0.3) is 11.1 Å². The number of carboxylic acid groups (broad SMARTS) is 1. The third-order valence-electron chi connectivity index (χ3n) is 3.08. The smallest absolute Gasteiger partial charge is 0.304 e. The molecule has 0 saturated carbocycles. The van der Waals surface area contributed by atoms with E-state index in [9.17, 15) is 4.79 Å². The lowest BCUT2D eigenvalue weighted by Crippen LogP contribution is -2.21. The molecule has 0 fully saturated rings. The van der Waals surface area contributed by atoms with E-state index in [-0.39, 0.29) is 6.42 Å². The molecule has 0 saturated heterocycles. The number of carboxylic acids is 1. The van der Waals surface area contributed by atoms with Gasteiger partial charge in [-0.3, -0.25) is 9.78 Å². The molecular weight excluding hydrogens is 252 g/mol. The first kappa shape index (κ1) is 14.2. The molecule has 1 N–H and O–H groups in total. The van der Waals surface area contributed by atoms with Crippen molar-refractivity contribution in [2.45, 2.75) is 13.0 Å². The molecule has 0 bridgehead atoms. The zero-order chi connectivity index (χ0) is 14.4. The number of aromatic nitrogens is 1. The molecule has 0 aliphatic rings. The second-order valence-corrected chi connectivity index (χ2v) is 4.82. The predicted molar refractivity (Wildman–Crippen MR) is 78.3 cm³/mol. The van der Waals surface area contributed by atoms with Crippen molar-refractivity contribution in [1.82, 2.24) is 9.88 Å². The summed E-state index contributed by atoms with van der Waals surface area (Å²) in [5.74, 6) is -0.763. The lowest BCUT2D eigenvalue weighted by Gasteiger charge is -2.16. The summed E-state index contributed by atoms with van der Waals surface area (Å²) in [5, 5.41) is 8.69. The van der Waals surface area contributed by atoms with E-state index >= 15 is 0 Å². The van der Waals surface area contributed by atoms with Crippen LogP contribution in [-0.4, -0.2) is 34.6 Å². The minimum absolute atomic E-state index is 0.165. The van der Waals surface area contributed by atoms with Crippen molar-refractivity contribution in [3.05, 3.63) is 54.4 Å². The SMILES string of the molecule is CN(CCC(=O)O)Cc1cccc(-c2cccnc2)c1. The molecule has 104 valence electrons. The van der Waals surface area contributed by atoms with Crippen LogP contribution in [0.4, 0.5) is 0 Å². The first-order chi connectivity index (χ1) is 9.65. The Morgan fingerprint density at radius 3 is 2.75 bits per heavy atom. The standard InChI is InChI=1S/C16H18N2O2/c1-18(9-7-16(19)20)12-13-4-2-5-14(10-13)15-6-3-8-17-11-15/h2-6,8,10-11H,7,9,12H2,1H3,(H,19,20). The van der Waals surface area contributed by atoms with Gasteiger partial charge >= 0.3 is 5.97 Å². The van der Waals surface area contributed by atoms with Crippen LogP contribution in [0.3, 0.4) is 0 Å². The molecule has 0 atom stereocenters. The van der Waals surface area contributed by atoms with E-state index in [4.69, 9.17) is 5.11 Å². The molecule has 4 heteroatoms. The van der Waals surface area contributed by atoms with Gasteiger partial charge in [-0.2, -0.15) is 0 Å². The van der Waals surface area contributed by atoms with Crippen molar-refractivity contribution in [3.8, 4) is 11.1 Å². The maximum absolute atomic E-state index is 10.6. The van der Waals surface area contributed by atoms with Gasteiger partial charge in [0.05, 0.1) is 6.42 Å². The zero-order valence-electron chi connectivity index (χ0n) is 11.5. The number of pyridine rings is 1. The lowest BCUT2D eigenvalue weighted by atomic mass is 10.0. The summed E-state index contributed by atoms with van der Waals surface area (Å²) in [7, 11) is 1.93. The van der Waals surface area contributed by atoms with E-state index in [1.807, 2.05) is 36.3 Å². The van der Waals surface area contributed by atoms with Gasteiger partial charge in [0.1, 0.15) is 0 Å². The molecule has 0 unspecified atom stereocenters. The number of hydrogen-bond acceptors (Lipinski definition) is 3. The number of nitrogens with zero attached hydrogens (tertiary/aromatic N) is 2. The molecule has 2 rings (SSSR count). The molecule has 20 heavy (non-hydrogen) atoms. The minimum Gasteiger partial charge on any atom is -0.481 e. The highest BCUT2D eigenvalue weighted by atomic mass is 16.4. The molecule has 0 aliphatic carbocycles. The summed E-state index contributed by atoms with van der Waals surface area (Å²) >= 11 is 0. The number of hydrogen-bond donors (Lipinski definition) is 1. The van der Waals surface area contributed by atoms with Gasteiger partial charge in [-0.05, 0) is 35.9 Å². The number of aliphatic carboxylic acids is 1. The Kier molecular flexibility index (Phi) is 4.85. The molecule has 0 radical (unpaired) electrons. The summed E-state index contributed by atoms with van der Waals surface area (Å²) in [6, 6.07) is 12.2. The Morgan fingerprint density at radius 1 is 1.25 bits per heavy atom. The van der Waals surface area contributed by atoms with Gasteiger partial charge in [0, 0.05) is 25.5 Å². The Morgan fingerprint density at radius 2 is 2.05 bits per heavy atom. The van der Waals surface area contributed by atoms with Crippen LogP contribution in [-0.2, 0) is 11.3 Å². The van der Waals surface area contributed by atoms with Crippen molar-refractivity contribution >= 4 is 5.97 Å². The second kappa shape index (κ2) is 6.82. The van der Waals surface area contributed by atoms with Crippen LogP contribution in [0.5, 0.6) is 0 Å². The lowest BCUT2D eigenvalue weighted by molar-refractivity contribution is -0.137. The fourth-order valence-corrected chi connectivity index (χ4v) is 2.06. The highest BCUT2D eigenvalue weighted by molar-refractivity contribution is 5.66. The van der Waals surface area contributed by atoms with Gasteiger partial charge in [-0.25, -0.2) is 0 Å². The number of carbonyl (C=O) groups is 1. The van der Waals surface area contributed by atoms with Crippen molar-refractivity contribution in [1.29, 1.82) is 0 Å². The zero-order valence-corrected chi connectivity index (χ0v) is 11.5. The van der Waals surface area contributed by atoms with Crippen LogP contribution in [0.2, 0.25) is 0 Å². The Hall–Kier alpha value is -2.20. The van der Waals surface area contributed by atoms with Crippen LogP contribution in [0.15, 0.2) is 48.8 Å². The number of benzene rings is 1. The van der Waals surface area contributed by atoms with Gasteiger partial charge in [-0.15, -0.1) is 0 Å². The summed E-state index contributed by atoms with van der Waals surface area (Å²) < 4.78 is 0. The van der Waals surface area contributed by atoms with E-state index in [2.05, 4.69) is 23.2 Å². The van der Waals surface area contributed by atoms with E-state index in [1.165, 1.54) is 5.56 Å². The summed E-state index contributed by atoms with van der Waals surface area (Å²) in [4.78, 5) is 16.7. The van der Waals surface area contributed by atoms with Gasteiger partial charge < -0.3 is 10.0 Å². The van der Waals surface area contributed by atoms with E-state index in [0.717, 1.165) is 17.7 Å². The first-order valence-corrected chi connectivity index (χ1v) is 6.55. The van der Waals surface area contributed by atoms with E-state index < -0.39 is 5.97 Å². The van der Waals surface area contributed by atoms with Gasteiger partial charge in [0.2, 0.25) is 0 Å². The average Bonchev–Trinajstić information content (AvgIpc) is 2.46. The van der Waals surface area contributed by atoms with Crippen LogP contribution >= 0.6 is 0 Å². The fraction of sp³-hybridized carbons (Fsp3) is 0.250. The van der Waals surface area contributed by atoms with E-state index in [1.54, 1.807) is 6.20 Å². The maximum Gasteiger partial charge on any atom is 0.304 e. The first-order valence-electron chi connectivity index (χ1n) is 6.55. The predicted octanol–water partition coefficient (Wildman–Crippen LogP) is 2.66. The molecular formula is C16H18N2O2. The molecule has 0 aliphatic heterocycles. The van der Waals surface area contributed by atoms with Crippen LogP contribution in [0, 0.1) is 0 Å². The summed E-state index contributed by atoms with van der Waals surface area (Å²) in [6.07, 6.45) is 3.76. The Balaban J connectivity index is 2.05. The molecule has 0 spiro atoms. The van der Waals surface area contributed by atoms with Gasteiger partial charge in [-0.1, -0.05) is 24.3 Å².